The van der Waals surface area contributed by atoms with E-state index >= 15 is 0 Å². The number of rotatable bonds is 4. The van der Waals surface area contributed by atoms with Gasteiger partial charge in [0.05, 0.1) is 0 Å². The molecule has 3 rings (SSSR count). The molecule has 1 amide bonds. The normalized spacial score (nSPS) is 15.9. The smallest absolute Gasteiger partial charge is 0.273 e. The van der Waals surface area contributed by atoms with E-state index in [4.69, 9.17) is 0 Å². The molecule has 3 heterocycles. The van der Waals surface area contributed by atoms with E-state index in [9.17, 15) is 13.2 Å². The van der Waals surface area contributed by atoms with Gasteiger partial charge in [0.25, 0.3) is 5.91 Å². The molecule has 1 N–H and O–H groups in total. The predicted molar refractivity (Wildman–Crippen MR) is 95.0 cm³/mol. The van der Waals surface area contributed by atoms with Crippen LogP contribution in [0.3, 0.4) is 0 Å². The topological polar surface area (TPSA) is 84.3 Å². The van der Waals surface area contributed by atoms with E-state index in [1.807, 2.05) is 13.0 Å². The summed E-state index contributed by atoms with van der Waals surface area (Å²) in [7, 11) is -1.90. The van der Waals surface area contributed by atoms with Gasteiger partial charge in [-0.25, -0.2) is 13.4 Å². The van der Waals surface area contributed by atoms with E-state index in [1.165, 1.54) is 21.1 Å². The van der Waals surface area contributed by atoms with Crippen LogP contribution in [-0.2, 0) is 17.1 Å². The van der Waals surface area contributed by atoms with Crippen molar-refractivity contribution in [1.29, 1.82) is 0 Å². The van der Waals surface area contributed by atoms with Crippen LogP contribution >= 0.6 is 0 Å². The zero-order chi connectivity index (χ0) is 18.0. The van der Waals surface area contributed by atoms with Crippen LogP contribution in [0.25, 0.3) is 0 Å². The Bertz CT molecular complexity index is 883. The zero-order valence-electron chi connectivity index (χ0n) is 14.4. The van der Waals surface area contributed by atoms with Crippen LogP contribution in [0.4, 0.5) is 5.82 Å². The van der Waals surface area contributed by atoms with E-state index in [-0.39, 0.29) is 16.5 Å². The third-order valence-corrected chi connectivity index (χ3v) is 6.27. The molecule has 1 saturated heterocycles. The Morgan fingerprint density at radius 3 is 2.64 bits per heavy atom. The number of nitrogens with zero attached hydrogens (tertiary/aromatic N) is 3. The highest BCUT2D eigenvalue weighted by atomic mass is 32.2. The molecule has 0 atom stereocenters. The summed E-state index contributed by atoms with van der Waals surface area (Å²) in [6.45, 7) is 2.91. The SMILES string of the molecule is Cc1cccnc1NC(=O)c1cc(S(=O)(=O)N2CCCCC2)cn1C. The fourth-order valence-electron chi connectivity index (χ4n) is 2.94. The highest BCUT2D eigenvalue weighted by Gasteiger charge is 2.28. The van der Waals surface area contributed by atoms with Gasteiger partial charge in [-0.05, 0) is 37.5 Å². The van der Waals surface area contributed by atoms with Crippen molar-refractivity contribution in [3.05, 3.63) is 41.9 Å². The summed E-state index contributed by atoms with van der Waals surface area (Å²) >= 11 is 0. The first-order chi connectivity index (χ1) is 11.9. The summed E-state index contributed by atoms with van der Waals surface area (Å²) in [5.74, 6) is 0.0820. The van der Waals surface area contributed by atoms with E-state index in [2.05, 4.69) is 10.3 Å². The molecule has 0 radical (unpaired) electrons. The molecular formula is C17H22N4O3S. The predicted octanol–water partition coefficient (Wildman–Crippen LogP) is 2.16. The van der Waals surface area contributed by atoms with Crippen LogP contribution < -0.4 is 5.32 Å². The summed E-state index contributed by atoms with van der Waals surface area (Å²) < 4.78 is 28.5. The molecule has 7 nitrogen and oxygen atoms in total. The molecule has 134 valence electrons. The minimum atomic E-state index is -3.56. The second kappa shape index (κ2) is 6.97. The monoisotopic (exact) mass is 362 g/mol. The van der Waals surface area contributed by atoms with Crippen LogP contribution in [0.5, 0.6) is 0 Å². The number of hydrogen-bond donors (Lipinski definition) is 1. The van der Waals surface area contributed by atoms with Gasteiger partial charge >= 0.3 is 0 Å². The standard InChI is InChI=1S/C17H22N4O3S/c1-13-7-6-8-18-16(13)19-17(22)15-11-14(12-20(15)2)25(23,24)21-9-4-3-5-10-21/h6-8,11-12H,3-5,9-10H2,1-2H3,(H,18,19,22). The van der Waals surface area contributed by atoms with Gasteiger partial charge in [-0.3, -0.25) is 4.79 Å². The first kappa shape index (κ1) is 17.6. The van der Waals surface area contributed by atoms with Crippen molar-refractivity contribution in [2.75, 3.05) is 18.4 Å². The number of hydrogen-bond acceptors (Lipinski definition) is 4. The molecule has 0 aromatic carbocycles. The van der Waals surface area contributed by atoms with Crippen molar-refractivity contribution >= 4 is 21.7 Å². The molecule has 1 fully saturated rings. The van der Waals surface area contributed by atoms with Crippen molar-refractivity contribution in [1.82, 2.24) is 13.9 Å². The van der Waals surface area contributed by atoms with Gasteiger partial charge < -0.3 is 9.88 Å². The Morgan fingerprint density at radius 2 is 1.96 bits per heavy atom. The summed E-state index contributed by atoms with van der Waals surface area (Å²) in [6, 6.07) is 5.06. The van der Waals surface area contributed by atoms with Gasteiger partial charge in [-0.15, -0.1) is 0 Å². The molecule has 2 aromatic heterocycles. The molecular weight excluding hydrogens is 340 g/mol. The number of sulfonamides is 1. The van der Waals surface area contributed by atoms with Gasteiger partial charge in [-0.2, -0.15) is 4.31 Å². The molecule has 25 heavy (non-hydrogen) atoms. The van der Waals surface area contributed by atoms with Crippen LogP contribution in [0, 0.1) is 6.92 Å². The van der Waals surface area contributed by atoms with E-state index in [1.54, 1.807) is 19.3 Å². The maximum absolute atomic E-state index is 12.8. The molecule has 0 unspecified atom stereocenters. The quantitative estimate of drug-likeness (QED) is 0.903. The van der Waals surface area contributed by atoms with Crippen LogP contribution in [0.2, 0.25) is 0 Å². The van der Waals surface area contributed by atoms with Crippen molar-refractivity contribution in [3.8, 4) is 0 Å². The number of carbonyl (C=O) groups excluding carboxylic acids is 1. The maximum Gasteiger partial charge on any atom is 0.273 e. The number of aromatic nitrogens is 2. The highest BCUT2D eigenvalue weighted by molar-refractivity contribution is 7.89. The molecule has 0 aliphatic carbocycles. The number of carbonyl (C=O) groups is 1. The van der Waals surface area contributed by atoms with Crippen LogP contribution in [-0.4, -0.2) is 41.3 Å². The number of nitrogens with one attached hydrogen (secondary N) is 1. The average molecular weight is 362 g/mol. The van der Waals surface area contributed by atoms with Gasteiger partial charge in [0, 0.05) is 32.5 Å². The third-order valence-electron chi connectivity index (χ3n) is 4.41. The Hall–Kier alpha value is -2.19. The lowest BCUT2D eigenvalue weighted by atomic mass is 10.2. The Kier molecular flexibility index (Phi) is 4.91. The first-order valence-corrected chi connectivity index (χ1v) is 9.73. The fraction of sp³-hybridized carbons (Fsp3) is 0.412. The van der Waals surface area contributed by atoms with Gasteiger partial charge in [0.15, 0.2) is 0 Å². The van der Waals surface area contributed by atoms with Crippen molar-refractivity contribution in [3.63, 3.8) is 0 Å². The number of aryl methyl sites for hydroxylation is 2. The van der Waals surface area contributed by atoms with Crippen LogP contribution in [0.1, 0.15) is 35.3 Å². The van der Waals surface area contributed by atoms with E-state index < -0.39 is 10.0 Å². The third kappa shape index (κ3) is 3.59. The van der Waals surface area contributed by atoms with Crippen molar-refractivity contribution in [2.24, 2.45) is 7.05 Å². The van der Waals surface area contributed by atoms with E-state index in [0.29, 0.717) is 18.9 Å². The lowest BCUT2D eigenvalue weighted by Crippen LogP contribution is -2.35. The number of pyridine rings is 1. The van der Waals surface area contributed by atoms with Gasteiger partial charge in [0.2, 0.25) is 10.0 Å². The van der Waals surface area contributed by atoms with Crippen molar-refractivity contribution in [2.45, 2.75) is 31.1 Å². The summed E-state index contributed by atoms with van der Waals surface area (Å²) in [5, 5.41) is 2.73. The minimum absolute atomic E-state index is 0.153. The summed E-state index contributed by atoms with van der Waals surface area (Å²) in [6.07, 6.45) is 5.89. The molecule has 1 aliphatic heterocycles. The molecule has 8 heteroatoms. The van der Waals surface area contributed by atoms with Crippen LogP contribution in [0.15, 0.2) is 35.5 Å². The lowest BCUT2D eigenvalue weighted by molar-refractivity contribution is 0.101. The Balaban J connectivity index is 1.84. The molecule has 0 saturated carbocycles. The Labute approximate surface area is 147 Å². The minimum Gasteiger partial charge on any atom is -0.345 e. The second-order valence-electron chi connectivity index (χ2n) is 6.26. The fourth-order valence-corrected chi connectivity index (χ4v) is 4.53. The number of amides is 1. The first-order valence-electron chi connectivity index (χ1n) is 8.29. The van der Waals surface area contributed by atoms with Crippen molar-refractivity contribution < 1.29 is 13.2 Å². The van der Waals surface area contributed by atoms with E-state index in [0.717, 1.165) is 24.8 Å². The van der Waals surface area contributed by atoms with Gasteiger partial charge in [0.1, 0.15) is 16.4 Å². The summed E-state index contributed by atoms with van der Waals surface area (Å²) in [5.41, 5.74) is 1.12. The Morgan fingerprint density at radius 1 is 1.24 bits per heavy atom. The molecule has 2 aromatic rings. The molecule has 1 aliphatic rings. The average Bonchev–Trinajstić information content (AvgIpc) is 3.00. The largest absolute Gasteiger partial charge is 0.345 e. The number of anilines is 1. The molecule has 0 spiro atoms. The highest BCUT2D eigenvalue weighted by Crippen LogP contribution is 2.23. The molecule has 0 bridgehead atoms. The zero-order valence-corrected chi connectivity index (χ0v) is 15.2. The summed E-state index contributed by atoms with van der Waals surface area (Å²) in [4.78, 5) is 16.8. The van der Waals surface area contributed by atoms with Gasteiger partial charge in [-0.1, -0.05) is 12.5 Å². The maximum atomic E-state index is 12.8. The lowest BCUT2D eigenvalue weighted by Gasteiger charge is -2.25. The second-order valence-corrected chi connectivity index (χ2v) is 8.20. The number of piperidine rings is 1.